The predicted molar refractivity (Wildman–Crippen MR) is 72.3 cm³/mol. The number of benzene rings is 2. The van der Waals surface area contributed by atoms with Gasteiger partial charge in [-0.2, -0.15) is 13.2 Å². The lowest BCUT2D eigenvalue weighted by atomic mass is 9.91. The van der Waals surface area contributed by atoms with Crippen molar-refractivity contribution in [3.63, 3.8) is 0 Å². The summed E-state index contributed by atoms with van der Waals surface area (Å²) in [5, 5.41) is 0. The third-order valence-electron chi connectivity index (χ3n) is 3.18. The SMILES string of the molecule is COc1ccc(C(C=O)c2cccc(C(F)(F)F)c2)cc1. The van der Waals surface area contributed by atoms with Crippen LogP contribution in [0.2, 0.25) is 0 Å². The van der Waals surface area contributed by atoms with Gasteiger partial charge >= 0.3 is 6.18 Å². The van der Waals surface area contributed by atoms with Crippen molar-refractivity contribution in [2.45, 2.75) is 12.1 Å². The summed E-state index contributed by atoms with van der Waals surface area (Å²) in [6.45, 7) is 0. The van der Waals surface area contributed by atoms with Crippen LogP contribution in [0, 0.1) is 0 Å². The molecule has 2 aromatic rings. The van der Waals surface area contributed by atoms with E-state index in [0.29, 0.717) is 23.2 Å². The Hall–Kier alpha value is -2.30. The van der Waals surface area contributed by atoms with Crippen molar-refractivity contribution in [2.75, 3.05) is 7.11 Å². The molecule has 0 saturated carbocycles. The number of carbonyl (C=O) groups is 1. The van der Waals surface area contributed by atoms with Gasteiger partial charge in [0.05, 0.1) is 18.6 Å². The van der Waals surface area contributed by atoms with E-state index in [1.54, 1.807) is 24.3 Å². The van der Waals surface area contributed by atoms with E-state index >= 15 is 0 Å². The number of hydrogen-bond acceptors (Lipinski definition) is 2. The molecule has 0 aromatic heterocycles. The number of alkyl halides is 3. The molecule has 1 unspecified atom stereocenters. The second kappa shape index (κ2) is 5.99. The molecule has 0 N–H and O–H groups in total. The second-order valence-electron chi connectivity index (χ2n) is 4.51. The lowest BCUT2D eigenvalue weighted by Crippen LogP contribution is -2.08. The van der Waals surface area contributed by atoms with E-state index in [-0.39, 0.29) is 0 Å². The van der Waals surface area contributed by atoms with Crippen LogP contribution in [0.25, 0.3) is 0 Å². The smallest absolute Gasteiger partial charge is 0.416 e. The molecule has 21 heavy (non-hydrogen) atoms. The lowest BCUT2D eigenvalue weighted by Gasteiger charge is -2.14. The molecule has 0 fully saturated rings. The number of halogens is 3. The molecule has 0 radical (unpaired) electrons. The number of ether oxygens (including phenoxy) is 1. The zero-order valence-corrected chi connectivity index (χ0v) is 11.2. The number of rotatable bonds is 4. The Kier molecular flexibility index (Phi) is 4.31. The molecule has 2 nitrogen and oxygen atoms in total. The van der Waals surface area contributed by atoms with Crippen molar-refractivity contribution in [3.8, 4) is 5.75 Å². The molecular formula is C16H13F3O2. The zero-order valence-electron chi connectivity index (χ0n) is 11.2. The molecule has 0 aliphatic rings. The van der Waals surface area contributed by atoms with E-state index in [1.807, 2.05) is 0 Å². The predicted octanol–water partition coefficient (Wildman–Crippen LogP) is 4.04. The van der Waals surface area contributed by atoms with E-state index in [2.05, 4.69) is 0 Å². The van der Waals surface area contributed by atoms with Crippen LogP contribution in [0.4, 0.5) is 13.2 Å². The summed E-state index contributed by atoms with van der Waals surface area (Å²) >= 11 is 0. The Morgan fingerprint density at radius 3 is 2.24 bits per heavy atom. The standard InChI is InChI=1S/C16H13F3O2/c1-21-14-7-5-11(6-8-14)15(10-20)12-3-2-4-13(9-12)16(17,18)19/h2-10,15H,1H3. The molecule has 0 saturated heterocycles. The Balaban J connectivity index is 2.39. The van der Waals surface area contributed by atoms with E-state index in [9.17, 15) is 18.0 Å². The average molecular weight is 294 g/mol. The maximum absolute atomic E-state index is 12.7. The molecule has 110 valence electrons. The zero-order chi connectivity index (χ0) is 15.5. The van der Waals surface area contributed by atoms with Crippen LogP contribution in [-0.2, 0) is 11.0 Å². The molecule has 5 heteroatoms. The summed E-state index contributed by atoms with van der Waals surface area (Å²) in [6, 6.07) is 11.5. The number of methoxy groups -OCH3 is 1. The Morgan fingerprint density at radius 2 is 1.71 bits per heavy atom. The molecule has 0 aliphatic heterocycles. The van der Waals surface area contributed by atoms with Crippen molar-refractivity contribution >= 4 is 6.29 Å². The molecule has 0 aliphatic carbocycles. The minimum Gasteiger partial charge on any atom is -0.497 e. The van der Waals surface area contributed by atoms with Crippen molar-refractivity contribution < 1.29 is 22.7 Å². The fourth-order valence-corrected chi connectivity index (χ4v) is 2.07. The lowest BCUT2D eigenvalue weighted by molar-refractivity contribution is -0.137. The Bertz CT molecular complexity index is 618. The Labute approximate surface area is 120 Å². The highest BCUT2D eigenvalue weighted by Crippen LogP contribution is 2.32. The van der Waals surface area contributed by atoms with Gasteiger partial charge in [0.15, 0.2) is 0 Å². The molecule has 2 rings (SSSR count). The highest BCUT2D eigenvalue weighted by Gasteiger charge is 2.31. The molecule has 0 amide bonds. The summed E-state index contributed by atoms with van der Waals surface area (Å²) in [5.74, 6) is -0.120. The van der Waals surface area contributed by atoms with Gasteiger partial charge in [0.2, 0.25) is 0 Å². The van der Waals surface area contributed by atoms with Gasteiger partial charge in [-0.25, -0.2) is 0 Å². The maximum atomic E-state index is 12.7. The third-order valence-corrected chi connectivity index (χ3v) is 3.18. The third kappa shape index (κ3) is 3.42. The fourth-order valence-electron chi connectivity index (χ4n) is 2.07. The number of aldehydes is 1. The molecule has 0 heterocycles. The maximum Gasteiger partial charge on any atom is 0.416 e. The van der Waals surface area contributed by atoms with Gasteiger partial charge in [-0.15, -0.1) is 0 Å². The quantitative estimate of drug-likeness (QED) is 0.795. The van der Waals surface area contributed by atoms with E-state index in [0.717, 1.165) is 12.1 Å². The van der Waals surface area contributed by atoms with E-state index in [1.165, 1.54) is 19.2 Å². The van der Waals surface area contributed by atoms with Crippen molar-refractivity contribution in [1.82, 2.24) is 0 Å². The topological polar surface area (TPSA) is 26.3 Å². The van der Waals surface area contributed by atoms with Crippen molar-refractivity contribution in [1.29, 1.82) is 0 Å². The monoisotopic (exact) mass is 294 g/mol. The first-order valence-corrected chi connectivity index (χ1v) is 6.22. The summed E-state index contributed by atoms with van der Waals surface area (Å²) in [7, 11) is 1.51. The van der Waals surface area contributed by atoms with Gasteiger partial charge in [-0.05, 0) is 29.3 Å². The Morgan fingerprint density at radius 1 is 1.05 bits per heavy atom. The van der Waals surface area contributed by atoms with Crippen LogP contribution in [0.5, 0.6) is 5.75 Å². The highest BCUT2D eigenvalue weighted by atomic mass is 19.4. The van der Waals surface area contributed by atoms with Crippen molar-refractivity contribution in [3.05, 3.63) is 65.2 Å². The van der Waals surface area contributed by atoms with Crippen LogP contribution < -0.4 is 4.74 Å². The number of carbonyl (C=O) groups excluding carboxylic acids is 1. The molecule has 2 aromatic carbocycles. The van der Waals surface area contributed by atoms with Gasteiger partial charge in [0, 0.05) is 0 Å². The first-order valence-electron chi connectivity index (χ1n) is 6.22. The van der Waals surface area contributed by atoms with Crippen LogP contribution in [-0.4, -0.2) is 13.4 Å². The van der Waals surface area contributed by atoms with Gasteiger partial charge in [-0.1, -0.05) is 30.3 Å². The summed E-state index contributed by atoms with van der Waals surface area (Å²) < 4.78 is 43.2. The van der Waals surface area contributed by atoms with Gasteiger partial charge < -0.3 is 9.53 Å². The summed E-state index contributed by atoms with van der Waals surface area (Å²) in [5.41, 5.74) is 0.162. The highest BCUT2D eigenvalue weighted by molar-refractivity contribution is 5.68. The van der Waals surface area contributed by atoms with E-state index in [4.69, 9.17) is 4.74 Å². The average Bonchev–Trinajstić information content (AvgIpc) is 2.48. The number of hydrogen-bond donors (Lipinski definition) is 0. The second-order valence-corrected chi connectivity index (χ2v) is 4.51. The largest absolute Gasteiger partial charge is 0.497 e. The fraction of sp³-hybridized carbons (Fsp3) is 0.188. The first kappa shape index (κ1) is 15.1. The normalized spacial score (nSPS) is 12.8. The first-order chi connectivity index (χ1) is 9.95. The summed E-state index contributed by atoms with van der Waals surface area (Å²) in [4.78, 5) is 11.3. The van der Waals surface area contributed by atoms with Gasteiger partial charge in [0.1, 0.15) is 12.0 Å². The van der Waals surface area contributed by atoms with Crippen molar-refractivity contribution in [2.24, 2.45) is 0 Å². The van der Waals surface area contributed by atoms with Crippen LogP contribution in [0.15, 0.2) is 48.5 Å². The van der Waals surface area contributed by atoms with Crippen LogP contribution >= 0.6 is 0 Å². The van der Waals surface area contributed by atoms with Gasteiger partial charge in [0.25, 0.3) is 0 Å². The molecule has 0 spiro atoms. The minimum absolute atomic E-state index is 0.310. The van der Waals surface area contributed by atoms with Gasteiger partial charge in [-0.3, -0.25) is 0 Å². The van der Waals surface area contributed by atoms with Crippen LogP contribution in [0.1, 0.15) is 22.6 Å². The minimum atomic E-state index is -4.43. The molecule has 1 atom stereocenters. The summed E-state index contributed by atoms with van der Waals surface area (Å²) in [6.07, 6.45) is -3.79. The van der Waals surface area contributed by atoms with Crippen LogP contribution in [0.3, 0.4) is 0 Å². The molecular weight excluding hydrogens is 281 g/mol. The van der Waals surface area contributed by atoms with E-state index < -0.39 is 17.7 Å². The molecule has 0 bridgehead atoms.